The van der Waals surface area contributed by atoms with Crippen LogP contribution in [0.3, 0.4) is 0 Å². The number of halogens is 2. The molecule has 0 bridgehead atoms. The minimum Gasteiger partial charge on any atom is -0.416 e. The van der Waals surface area contributed by atoms with Crippen LogP contribution in [0, 0.1) is 11.7 Å². The first-order chi connectivity index (χ1) is 12.4. The highest BCUT2D eigenvalue weighted by atomic mass is 35.5. The third-order valence-electron chi connectivity index (χ3n) is 3.92. The van der Waals surface area contributed by atoms with E-state index in [9.17, 15) is 14.0 Å². The quantitative estimate of drug-likeness (QED) is 0.720. The smallest absolute Gasteiger partial charge is 0.349 e. The van der Waals surface area contributed by atoms with E-state index in [1.54, 1.807) is 13.0 Å². The molecule has 0 radical (unpaired) electrons. The van der Waals surface area contributed by atoms with Crippen molar-refractivity contribution >= 4 is 41.0 Å². The number of carbonyl (C=O) groups excluding carboxylic acids is 2. The molecule has 10 heteroatoms. The second-order valence-corrected chi connectivity index (χ2v) is 6.97. The number of amides is 3. The Morgan fingerprint density at radius 1 is 1.35 bits per heavy atom. The van der Waals surface area contributed by atoms with Gasteiger partial charge in [-0.3, -0.25) is 9.69 Å². The molecule has 1 unspecified atom stereocenters. The van der Waals surface area contributed by atoms with Crippen LogP contribution in [0.1, 0.15) is 18.4 Å². The summed E-state index contributed by atoms with van der Waals surface area (Å²) in [5.41, 5.74) is 0.758. The third kappa shape index (κ3) is 3.78. The van der Waals surface area contributed by atoms with Gasteiger partial charge in [-0.05, 0) is 19.1 Å². The van der Waals surface area contributed by atoms with Gasteiger partial charge < -0.3 is 4.42 Å². The number of benzene rings is 1. The molecule has 0 N–H and O–H groups in total. The van der Waals surface area contributed by atoms with Crippen molar-refractivity contribution < 1.29 is 18.4 Å². The van der Waals surface area contributed by atoms with Crippen LogP contribution >= 0.6 is 23.4 Å². The summed E-state index contributed by atoms with van der Waals surface area (Å²) in [7, 11) is 1.38. The molecule has 0 spiro atoms. The van der Waals surface area contributed by atoms with E-state index in [0.717, 1.165) is 16.7 Å². The van der Waals surface area contributed by atoms with Gasteiger partial charge in [0.2, 0.25) is 11.8 Å². The summed E-state index contributed by atoms with van der Waals surface area (Å²) in [5.74, 6) is -0.933. The highest BCUT2D eigenvalue weighted by molar-refractivity contribution is 7.98. The fourth-order valence-electron chi connectivity index (χ4n) is 2.40. The van der Waals surface area contributed by atoms with E-state index in [2.05, 4.69) is 15.2 Å². The Kier molecular flexibility index (Phi) is 5.38. The Balaban J connectivity index is 1.68. The summed E-state index contributed by atoms with van der Waals surface area (Å²) in [5, 5.41) is 8.36. The number of hydrogen-bond acceptors (Lipinski definition) is 6. The maximum Gasteiger partial charge on any atom is 0.349 e. The van der Waals surface area contributed by atoms with Gasteiger partial charge >= 0.3 is 6.03 Å². The molecule has 0 saturated heterocycles. The zero-order valence-electron chi connectivity index (χ0n) is 13.9. The van der Waals surface area contributed by atoms with Crippen molar-refractivity contribution in [1.29, 1.82) is 0 Å². The molecule has 2 aromatic rings. The van der Waals surface area contributed by atoms with Gasteiger partial charge in [-0.25, -0.2) is 14.2 Å². The summed E-state index contributed by atoms with van der Waals surface area (Å²) in [4.78, 5) is 28.5. The molecule has 3 amide bonds. The van der Waals surface area contributed by atoms with Crippen LogP contribution in [0.5, 0.6) is 0 Å². The Bertz CT molecular complexity index is 881. The molecule has 136 valence electrons. The fraction of sp³-hybridized carbons (Fsp3) is 0.312. The maximum absolute atomic E-state index is 13.8. The van der Waals surface area contributed by atoms with E-state index in [-0.39, 0.29) is 29.2 Å². The van der Waals surface area contributed by atoms with Crippen LogP contribution in [0.2, 0.25) is 5.02 Å². The first-order valence-electron chi connectivity index (χ1n) is 7.61. The minimum atomic E-state index is -0.628. The van der Waals surface area contributed by atoms with Crippen molar-refractivity contribution in [2.24, 2.45) is 10.9 Å². The lowest BCUT2D eigenvalue weighted by Gasteiger charge is -2.24. The van der Waals surface area contributed by atoms with Crippen LogP contribution in [0.4, 0.5) is 9.18 Å². The molecule has 1 aromatic carbocycles. The van der Waals surface area contributed by atoms with Crippen molar-refractivity contribution in [2.45, 2.75) is 24.3 Å². The second-order valence-electron chi connectivity index (χ2n) is 5.64. The van der Waals surface area contributed by atoms with Gasteiger partial charge in [0.25, 0.3) is 5.22 Å². The Morgan fingerprint density at radius 2 is 2.12 bits per heavy atom. The number of aromatic nitrogens is 2. The number of rotatable bonds is 5. The van der Waals surface area contributed by atoms with E-state index in [0.29, 0.717) is 16.3 Å². The summed E-state index contributed by atoms with van der Waals surface area (Å²) < 4.78 is 19.3. The fourth-order valence-corrected chi connectivity index (χ4v) is 3.53. The van der Waals surface area contributed by atoms with Crippen LogP contribution < -0.4 is 0 Å². The Hall–Kier alpha value is -2.26. The van der Waals surface area contributed by atoms with Gasteiger partial charge in [0.1, 0.15) is 5.82 Å². The van der Waals surface area contributed by atoms with E-state index >= 15 is 0 Å². The van der Waals surface area contributed by atoms with Crippen molar-refractivity contribution in [1.82, 2.24) is 15.1 Å². The minimum absolute atomic E-state index is 0.139. The average molecular weight is 397 g/mol. The molecule has 1 aliphatic rings. The molecule has 26 heavy (non-hydrogen) atoms. The molecule has 0 aliphatic carbocycles. The molecule has 0 saturated carbocycles. The number of thioether (sulfide) groups is 1. The van der Waals surface area contributed by atoms with Crippen molar-refractivity contribution in [2.75, 3.05) is 7.05 Å². The number of imide groups is 1. The van der Waals surface area contributed by atoms with Gasteiger partial charge in [0.05, 0.1) is 5.92 Å². The van der Waals surface area contributed by atoms with Gasteiger partial charge in [0.15, 0.2) is 0 Å². The Labute approximate surface area is 157 Å². The van der Waals surface area contributed by atoms with Gasteiger partial charge in [-0.1, -0.05) is 29.4 Å². The number of nitrogens with zero attached hydrogens (tertiary/aromatic N) is 4. The lowest BCUT2D eigenvalue weighted by molar-refractivity contribution is -0.129. The molecule has 1 aromatic heterocycles. The number of aliphatic imine (C=N–C) groups is 1. The van der Waals surface area contributed by atoms with Crippen LogP contribution in [-0.2, 0) is 17.0 Å². The SMILES string of the molecule is CC1=NC(=O)N(C)C(=O)C1Cc1nnc(SCc2c(F)cccc2Cl)o1. The zero-order valence-corrected chi connectivity index (χ0v) is 15.5. The topological polar surface area (TPSA) is 88.7 Å². The number of urea groups is 1. The lowest BCUT2D eigenvalue weighted by atomic mass is 9.97. The summed E-state index contributed by atoms with van der Waals surface area (Å²) in [6.07, 6.45) is 0.139. The molecule has 1 atom stereocenters. The van der Waals surface area contributed by atoms with E-state index in [4.69, 9.17) is 16.0 Å². The molecular weight excluding hydrogens is 383 g/mol. The Morgan fingerprint density at radius 3 is 2.85 bits per heavy atom. The predicted octanol–water partition coefficient (Wildman–Crippen LogP) is 3.37. The lowest BCUT2D eigenvalue weighted by Crippen LogP contribution is -2.44. The summed E-state index contributed by atoms with van der Waals surface area (Å²) >= 11 is 7.13. The molecule has 2 heterocycles. The summed E-state index contributed by atoms with van der Waals surface area (Å²) in [6.45, 7) is 1.61. The van der Waals surface area contributed by atoms with Crippen molar-refractivity contribution in [3.05, 3.63) is 40.5 Å². The monoisotopic (exact) mass is 396 g/mol. The second kappa shape index (κ2) is 7.55. The van der Waals surface area contributed by atoms with Crippen LogP contribution in [-0.4, -0.2) is 39.8 Å². The predicted molar refractivity (Wildman–Crippen MR) is 93.7 cm³/mol. The van der Waals surface area contributed by atoms with Crippen molar-refractivity contribution in [3.63, 3.8) is 0 Å². The molecular formula is C16H14ClFN4O3S. The number of carbonyl (C=O) groups is 2. The standard InChI is InChI=1S/C16H14ClFN4O3S/c1-8-9(14(23)22(2)15(24)19-8)6-13-20-21-16(25-13)26-7-10-11(17)4-3-5-12(10)18/h3-5,9H,6-7H2,1-2H3. The average Bonchev–Trinajstić information content (AvgIpc) is 3.04. The van der Waals surface area contributed by atoms with E-state index in [1.165, 1.54) is 19.2 Å². The first-order valence-corrected chi connectivity index (χ1v) is 8.98. The highest BCUT2D eigenvalue weighted by Gasteiger charge is 2.34. The largest absolute Gasteiger partial charge is 0.416 e. The van der Waals surface area contributed by atoms with Crippen LogP contribution in [0.15, 0.2) is 32.8 Å². The maximum atomic E-state index is 13.8. The van der Waals surface area contributed by atoms with Crippen molar-refractivity contribution in [3.8, 4) is 0 Å². The molecule has 1 aliphatic heterocycles. The van der Waals surface area contributed by atoms with Gasteiger partial charge in [0, 0.05) is 35.5 Å². The zero-order chi connectivity index (χ0) is 18.8. The van der Waals surface area contributed by atoms with E-state index in [1.807, 2.05) is 0 Å². The highest BCUT2D eigenvalue weighted by Crippen LogP contribution is 2.28. The molecule has 3 rings (SSSR count). The van der Waals surface area contributed by atoms with Gasteiger partial charge in [-0.15, -0.1) is 10.2 Å². The van der Waals surface area contributed by atoms with Gasteiger partial charge in [-0.2, -0.15) is 0 Å². The molecule has 7 nitrogen and oxygen atoms in total. The molecule has 0 fully saturated rings. The normalized spacial score (nSPS) is 17.6. The first kappa shape index (κ1) is 18.5. The van der Waals surface area contributed by atoms with Crippen LogP contribution in [0.25, 0.3) is 0 Å². The number of hydrogen-bond donors (Lipinski definition) is 0. The summed E-state index contributed by atoms with van der Waals surface area (Å²) in [6, 6.07) is 3.88. The third-order valence-corrected chi connectivity index (χ3v) is 5.12. The van der Waals surface area contributed by atoms with E-state index < -0.39 is 17.8 Å².